The molecule has 2 rings (SSSR count). The first-order valence-corrected chi connectivity index (χ1v) is 9.32. The minimum absolute atomic E-state index is 0.116. The van der Waals surface area contributed by atoms with Crippen molar-refractivity contribution in [1.29, 1.82) is 0 Å². The van der Waals surface area contributed by atoms with E-state index in [1.54, 1.807) is 11.3 Å². The average molecular weight is 355 g/mol. The molecule has 1 amide bonds. The number of hydrogen-bond acceptors (Lipinski definition) is 4. The van der Waals surface area contributed by atoms with E-state index in [4.69, 9.17) is 12.2 Å². The number of nitrogens with zero attached hydrogens (tertiary/aromatic N) is 1. The molecular formula is C16H26N4OS2. The maximum atomic E-state index is 12.2. The maximum absolute atomic E-state index is 12.2. The summed E-state index contributed by atoms with van der Waals surface area (Å²) in [7, 11) is 4.00. The molecule has 1 aliphatic carbocycles. The molecule has 0 aliphatic heterocycles. The molecule has 128 valence electrons. The normalized spacial score (nSPS) is 16.8. The number of hydrazine groups is 1. The molecule has 1 heterocycles. The molecule has 1 aromatic rings. The van der Waals surface area contributed by atoms with Gasteiger partial charge in [0.15, 0.2) is 5.11 Å². The monoisotopic (exact) mass is 354 g/mol. The molecule has 0 spiro atoms. The van der Waals surface area contributed by atoms with E-state index in [0.717, 1.165) is 36.7 Å². The first kappa shape index (κ1) is 18.2. The zero-order valence-corrected chi connectivity index (χ0v) is 15.7. The van der Waals surface area contributed by atoms with E-state index >= 15 is 0 Å². The summed E-state index contributed by atoms with van der Waals surface area (Å²) < 4.78 is 0. The molecule has 3 N–H and O–H groups in total. The number of carbonyl (C=O) groups excluding carboxylic acids is 1. The second-order valence-corrected chi connectivity index (χ2v) is 7.76. The van der Waals surface area contributed by atoms with Gasteiger partial charge < -0.3 is 10.2 Å². The first-order chi connectivity index (χ1) is 11.0. The third-order valence-electron chi connectivity index (χ3n) is 4.12. The van der Waals surface area contributed by atoms with Gasteiger partial charge in [-0.25, -0.2) is 0 Å². The van der Waals surface area contributed by atoms with Crippen LogP contribution in [-0.2, 0) is 12.8 Å². The SMILES string of the molecule is CC[C@H]1CCc2sc(C(=O)NNC(=S)NCCN(C)C)cc2C1. The number of thiophene rings is 1. The topological polar surface area (TPSA) is 56.4 Å². The average Bonchev–Trinajstić information content (AvgIpc) is 2.95. The maximum Gasteiger partial charge on any atom is 0.279 e. The number of nitrogens with one attached hydrogen (secondary N) is 3. The number of amides is 1. The van der Waals surface area contributed by atoms with Crippen LogP contribution in [0.25, 0.3) is 0 Å². The molecule has 1 aromatic heterocycles. The fourth-order valence-electron chi connectivity index (χ4n) is 2.67. The highest BCUT2D eigenvalue weighted by molar-refractivity contribution is 7.80. The number of fused-ring (bicyclic) bond motifs is 1. The van der Waals surface area contributed by atoms with Gasteiger partial charge in [-0.3, -0.25) is 15.6 Å². The van der Waals surface area contributed by atoms with Gasteiger partial charge in [-0.2, -0.15) is 0 Å². The summed E-state index contributed by atoms with van der Waals surface area (Å²) in [5.74, 6) is 0.647. The first-order valence-electron chi connectivity index (χ1n) is 8.10. The van der Waals surface area contributed by atoms with Crippen molar-refractivity contribution in [3.63, 3.8) is 0 Å². The lowest BCUT2D eigenvalue weighted by Crippen LogP contribution is -2.47. The predicted molar refractivity (Wildman–Crippen MR) is 99.9 cm³/mol. The highest BCUT2D eigenvalue weighted by Crippen LogP contribution is 2.33. The van der Waals surface area contributed by atoms with Crippen molar-refractivity contribution in [2.75, 3.05) is 27.2 Å². The van der Waals surface area contributed by atoms with Crippen molar-refractivity contribution < 1.29 is 4.79 Å². The Labute approximate surface area is 147 Å². The van der Waals surface area contributed by atoms with Crippen LogP contribution in [0, 0.1) is 5.92 Å². The summed E-state index contributed by atoms with van der Waals surface area (Å²) in [6, 6.07) is 2.04. The van der Waals surface area contributed by atoms with E-state index < -0.39 is 0 Å². The van der Waals surface area contributed by atoms with Gasteiger partial charge in [0.05, 0.1) is 4.88 Å². The van der Waals surface area contributed by atoms with Gasteiger partial charge in [-0.15, -0.1) is 11.3 Å². The van der Waals surface area contributed by atoms with E-state index in [2.05, 4.69) is 28.0 Å². The van der Waals surface area contributed by atoms with Crippen molar-refractivity contribution >= 4 is 34.6 Å². The molecule has 1 aliphatic rings. The van der Waals surface area contributed by atoms with Gasteiger partial charge in [0.25, 0.3) is 5.91 Å². The Bertz CT molecular complexity index is 556. The van der Waals surface area contributed by atoms with Gasteiger partial charge >= 0.3 is 0 Å². The van der Waals surface area contributed by atoms with Crippen molar-refractivity contribution in [2.45, 2.75) is 32.6 Å². The van der Waals surface area contributed by atoms with Gasteiger partial charge in [0.2, 0.25) is 0 Å². The predicted octanol–water partition coefficient (Wildman–Crippen LogP) is 1.93. The molecule has 5 nitrogen and oxygen atoms in total. The fraction of sp³-hybridized carbons (Fsp3) is 0.625. The van der Waals surface area contributed by atoms with Crippen LogP contribution in [0.15, 0.2) is 6.07 Å². The summed E-state index contributed by atoms with van der Waals surface area (Å²) in [5, 5.41) is 3.49. The van der Waals surface area contributed by atoms with Crippen LogP contribution < -0.4 is 16.2 Å². The van der Waals surface area contributed by atoms with Crippen LogP contribution in [0.1, 0.15) is 39.9 Å². The zero-order valence-electron chi connectivity index (χ0n) is 14.1. The van der Waals surface area contributed by atoms with Gasteiger partial charge in [0, 0.05) is 18.0 Å². The van der Waals surface area contributed by atoms with Crippen LogP contribution in [0.2, 0.25) is 0 Å². The van der Waals surface area contributed by atoms with Gasteiger partial charge in [-0.05, 0) is 63.1 Å². The zero-order chi connectivity index (χ0) is 16.8. The van der Waals surface area contributed by atoms with Crippen molar-refractivity contribution in [3.05, 3.63) is 21.4 Å². The third kappa shape index (κ3) is 5.44. The molecule has 0 radical (unpaired) electrons. The lowest BCUT2D eigenvalue weighted by atomic mass is 9.87. The van der Waals surface area contributed by atoms with E-state index in [0.29, 0.717) is 5.11 Å². The smallest absolute Gasteiger partial charge is 0.279 e. The molecular weight excluding hydrogens is 328 g/mol. The van der Waals surface area contributed by atoms with E-state index in [1.807, 2.05) is 20.2 Å². The third-order valence-corrected chi connectivity index (χ3v) is 5.60. The minimum Gasteiger partial charge on any atom is -0.360 e. The summed E-state index contributed by atoms with van der Waals surface area (Å²) in [4.78, 5) is 16.4. The molecule has 7 heteroatoms. The lowest BCUT2D eigenvalue weighted by molar-refractivity contribution is 0.0947. The molecule has 1 atom stereocenters. The van der Waals surface area contributed by atoms with E-state index in [1.165, 1.54) is 23.3 Å². The molecule has 0 bridgehead atoms. The van der Waals surface area contributed by atoms with Crippen LogP contribution in [0.5, 0.6) is 0 Å². The summed E-state index contributed by atoms with van der Waals surface area (Å²) in [6.07, 6.45) is 4.66. The van der Waals surface area contributed by atoms with E-state index in [-0.39, 0.29) is 5.91 Å². The van der Waals surface area contributed by atoms with Crippen molar-refractivity contribution in [3.8, 4) is 0 Å². The Morgan fingerprint density at radius 1 is 1.43 bits per heavy atom. The number of aryl methyl sites for hydroxylation is 1. The Morgan fingerprint density at radius 3 is 2.91 bits per heavy atom. The number of rotatable bonds is 5. The molecule has 23 heavy (non-hydrogen) atoms. The van der Waals surface area contributed by atoms with Crippen LogP contribution in [-0.4, -0.2) is 43.1 Å². The molecule has 0 unspecified atom stereocenters. The fourth-order valence-corrected chi connectivity index (χ4v) is 3.93. The Morgan fingerprint density at radius 2 is 2.22 bits per heavy atom. The molecule has 0 saturated carbocycles. The Hall–Kier alpha value is -1.18. The summed E-state index contributed by atoms with van der Waals surface area (Å²) >= 11 is 6.75. The largest absolute Gasteiger partial charge is 0.360 e. The van der Waals surface area contributed by atoms with E-state index in [9.17, 15) is 4.79 Å². The van der Waals surface area contributed by atoms with Gasteiger partial charge in [0.1, 0.15) is 0 Å². The summed E-state index contributed by atoms with van der Waals surface area (Å²) in [5.41, 5.74) is 6.79. The number of carbonyl (C=O) groups is 1. The van der Waals surface area contributed by atoms with Crippen molar-refractivity contribution in [1.82, 2.24) is 21.1 Å². The molecule has 0 aromatic carbocycles. The highest BCUT2D eigenvalue weighted by Gasteiger charge is 2.22. The quantitative estimate of drug-likeness (QED) is 0.557. The second-order valence-electron chi connectivity index (χ2n) is 6.21. The number of thiocarbonyl (C=S) groups is 1. The standard InChI is InChI=1S/C16H26N4OS2/c1-4-11-5-6-13-12(9-11)10-14(23-13)15(21)18-19-16(22)17-7-8-20(2)3/h10-11H,4-9H2,1-3H3,(H,18,21)(H2,17,19,22)/t11-/m0/s1. The van der Waals surface area contributed by atoms with Crippen molar-refractivity contribution in [2.24, 2.45) is 5.92 Å². The van der Waals surface area contributed by atoms with Gasteiger partial charge in [-0.1, -0.05) is 13.3 Å². The molecule has 0 fully saturated rings. The summed E-state index contributed by atoms with van der Waals surface area (Å²) in [6.45, 7) is 3.86. The van der Waals surface area contributed by atoms with Crippen LogP contribution in [0.4, 0.5) is 0 Å². The number of likely N-dealkylation sites (N-methyl/N-ethyl adjacent to an activating group) is 1. The number of hydrogen-bond donors (Lipinski definition) is 3. The minimum atomic E-state index is -0.116. The highest BCUT2D eigenvalue weighted by atomic mass is 32.1. The second kappa shape index (κ2) is 8.61. The lowest BCUT2D eigenvalue weighted by Gasteiger charge is -2.19. The Kier molecular flexibility index (Phi) is 6.80. The Balaban J connectivity index is 1.80. The molecule has 0 saturated heterocycles. The van der Waals surface area contributed by atoms with Crippen LogP contribution in [0.3, 0.4) is 0 Å². The van der Waals surface area contributed by atoms with Crippen LogP contribution >= 0.6 is 23.6 Å².